The van der Waals surface area contributed by atoms with Gasteiger partial charge in [-0.15, -0.1) is 5.10 Å². The molecule has 3 aromatic rings. The molecule has 0 bridgehead atoms. The molecule has 166 valence electrons. The molecule has 0 saturated heterocycles. The Labute approximate surface area is 189 Å². The van der Waals surface area contributed by atoms with Crippen LogP contribution in [0.25, 0.3) is 0 Å². The van der Waals surface area contributed by atoms with Gasteiger partial charge in [-0.3, -0.25) is 4.79 Å². The van der Waals surface area contributed by atoms with Gasteiger partial charge in [0.1, 0.15) is 0 Å². The van der Waals surface area contributed by atoms with Crippen molar-refractivity contribution >= 4 is 17.7 Å². The first-order chi connectivity index (χ1) is 15.4. The molecule has 0 spiro atoms. The van der Waals surface area contributed by atoms with E-state index in [-0.39, 0.29) is 6.54 Å². The largest absolute Gasteiger partial charge is 0.365 e. The van der Waals surface area contributed by atoms with E-state index >= 15 is 0 Å². The van der Waals surface area contributed by atoms with E-state index in [9.17, 15) is 13.6 Å². The van der Waals surface area contributed by atoms with Crippen molar-refractivity contribution in [3.63, 3.8) is 0 Å². The van der Waals surface area contributed by atoms with Crippen molar-refractivity contribution in [2.75, 3.05) is 0 Å². The summed E-state index contributed by atoms with van der Waals surface area (Å²) >= 11 is 1.27. The molecule has 6 nitrogen and oxygen atoms in total. The van der Waals surface area contributed by atoms with Crippen LogP contribution in [-0.2, 0) is 24.2 Å². The van der Waals surface area contributed by atoms with Gasteiger partial charge in [0, 0.05) is 12.2 Å². The maximum Gasteiger partial charge on any atom is 0.257 e. The van der Waals surface area contributed by atoms with Gasteiger partial charge in [-0.2, -0.15) is 0 Å². The minimum absolute atomic E-state index is 0.265. The lowest BCUT2D eigenvalue weighted by molar-refractivity contribution is -0.114. The fraction of sp³-hybridized carbons (Fsp3) is 0.261. The van der Waals surface area contributed by atoms with E-state index in [1.807, 2.05) is 29.3 Å². The number of nitrogens with zero attached hydrogens (tertiary/aromatic N) is 4. The number of primary amides is 1. The predicted octanol–water partition coefficient (Wildman–Crippen LogP) is 4.15. The lowest BCUT2D eigenvalue weighted by Gasteiger charge is -2.27. The molecular formula is C23H23F2N5OS. The molecule has 0 radical (unpaired) electrons. The zero-order chi connectivity index (χ0) is 22.7. The molecule has 1 aromatic heterocycles. The van der Waals surface area contributed by atoms with E-state index in [4.69, 9.17) is 5.73 Å². The van der Waals surface area contributed by atoms with Crippen LogP contribution in [0.2, 0.25) is 0 Å². The lowest BCUT2D eigenvalue weighted by Crippen LogP contribution is -2.26. The van der Waals surface area contributed by atoms with Gasteiger partial charge in [-0.1, -0.05) is 53.4 Å². The van der Waals surface area contributed by atoms with Crippen molar-refractivity contribution < 1.29 is 13.6 Å². The van der Waals surface area contributed by atoms with Crippen LogP contribution < -0.4 is 5.73 Å². The second kappa shape index (κ2) is 9.52. The van der Waals surface area contributed by atoms with Gasteiger partial charge in [0.05, 0.1) is 16.8 Å². The van der Waals surface area contributed by atoms with E-state index < -0.39 is 23.0 Å². The fourth-order valence-corrected chi connectivity index (χ4v) is 4.85. The fourth-order valence-electron chi connectivity index (χ4n) is 3.67. The Morgan fingerprint density at radius 3 is 2.59 bits per heavy atom. The van der Waals surface area contributed by atoms with Crippen molar-refractivity contribution in [2.45, 2.75) is 38.2 Å². The second-order valence-electron chi connectivity index (χ2n) is 7.63. The van der Waals surface area contributed by atoms with Crippen molar-refractivity contribution in [2.24, 2.45) is 5.73 Å². The summed E-state index contributed by atoms with van der Waals surface area (Å²) in [5, 5.41) is 8.55. The van der Waals surface area contributed by atoms with E-state index in [0.29, 0.717) is 16.2 Å². The highest BCUT2D eigenvalue weighted by Gasteiger charge is 2.35. The number of carbonyl (C=O) groups is 1. The lowest BCUT2D eigenvalue weighted by atomic mass is 10.1. The molecule has 2 N–H and O–H groups in total. The smallest absolute Gasteiger partial charge is 0.257 e. The average molecular weight is 456 g/mol. The summed E-state index contributed by atoms with van der Waals surface area (Å²) < 4.78 is 28.7. The van der Waals surface area contributed by atoms with E-state index in [1.165, 1.54) is 23.4 Å². The number of aromatic nitrogens is 3. The highest BCUT2D eigenvalue weighted by Crippen LogP contribution is 2.45. The van der Waals surface area contributed by atoms with Crippen LogP contribution >= 0.6 is 11.8 Å². The molecule has 0 fully saturated rings. The van der Waals surface area contributed by atoms with Gasteiger partial charge in [0.15, 0.2) is 17.1 Å². The zero-order valence-electron chi connectivity index (χ0n) is 17.5. The molecule has 1 atom stereocenters. The molecule has 4 rings (SSSR count). The van der Waals surface area contributed by atoms with E-state index in [2.05, 4.69) is 22.4 Å². The zero-order valence-corrected chi connectivity index (χ0v) is 18.4. The van der Waals surface area contributed by atoms with Crippen LogP contribution in [-0.4, -0.2) is 25.8 Å². The maximum atomic E-state index is 13.7. The highest BCUT2D eigenvalue weighted by molar-refractivity contribution is 8.04. The quantitative estimate of drug-likeness (QED) is 0.552. The number of amides is 1. The number of halogens is 2. The number of thioether (sulfide) groups is 1. The topological polar surface area (TPSA) is 77.0 Å². The van der Waals surface area contributed by atoms with Crippen LogP contribution in [0.15, 0.2) is 65.3 Å². The molecule has 32 heavy (non-hydrogen) atoms. The third kappa shape index (κ3) is 4.83. The first-order valence-electron chi connectivity index (χ1n) is 10.2. The summed E-state index contributed by atoms with van der Waals surface area (Å²) in [5.41, 5.74) is 8.51. The van der Waals surface area contributed by atoms with Crippen LogP contribution in [0.4, 0.5) is 8.78 Å². The van der Waals surface area contributed by atoms with Crippen molar-refractivity contribution in [3.8, 4) is 0 Å². The third-order valence-corrected chi connectivity index (χ3v) is 6.75. The third-order valence-electron chi connectivity index (χ3n) is 5.34. The van der Waals surface area contributed by atoms with Crippen LogP contribution in [0.3, 0.4) is 0 Å². The standard InChI is InChI=1S/C23H23F2N5OS/c1-15-21(22(26)31)32-23(29(15)13-17-10-11-19(24)20(25)12-17)30-14-18(27-28-30)9-5-8-16-6-3-2-4-7-16/h2-4,6-7,10-12,14,23H,5,8-9,13H2,1H3,(H2,26,31). The Hall–Kier alpha value is -3.20. The SMILES string of the molecule is CC1=C(C(N)=O)SC(n2cc(CCCc3ccccc3)nn2)N1Cc1ccc(F)c(F)c1. The molecule has 0 saturated carbocycles. The predicted molar refractivity (Wildman–Crippen MR) is 119 cm³/mol. The van der Waals surface area contributed by atoms with E-state index in [1.54, 1.807) is 11.6 Å². The number of aryl methyl sites for hydroxylation is 2. The second-order valence-corrected chi connectivity index (χ2v) is 8.69. The van der Waals surface area contributed by atoms with E-state index in [0.717, 1.165) is 37.1 Å². The van der Waals surface area contributed by atoms with Gasteiger partial charge in [0.2, 0.25) is 0 Å². The molecule has 1 aliphatic heterocycles. The first-order valence-corrected chi connectivity index (χ1v) is 11.1. The Morgan fingerprint density at radius 2 is 1.88 bits per heavy atom. The van der Waals surface area contributed by atoms with Crippen molar-refractivity contribution in [1.29, 1.82) is 0 Å². The number of carbonyl (C=O) groups excluding carboxylic acids is 1. The Bertz CT molecular complexity index is 1150. The summed E-state index contributed by atoms with van der Waals surface area (Å²) in [6, 6.07) is 14.0. The van der Waals surface area contributed by atoms with Gasteiger partial charge in [-0.05, 0) is 49.4 Å². The number of hydrogen-bond acceptors (Lipinski definition) is 5. The molecular weight excluding hydrogens is 432 g/mol. The molecule has 9 heteroatoms. The number of allylic oxidation sites excluding steroid dienone is 1. The van der Waals surface area contributed by atoms with Gasteiger partial charge in [-0.25, -0.2) is 13.5 Å². The first kappa shape index (κ1) is 22.0. The van der Waals surface area contributed by atoms with Crippen molar-refractivity contribution in [1.82, 2.24) is 19.9 Å². The molecule has 0 aliphatic carbocycles. The summed E-state index contributed by atoms with van der Waals surface area (Å²) in [5.74, 6) is -2.35. The number of rotatable bonds is 8. The van der Waals surface area contributed by atoms with Crippen molar-refractivity contribution in [3.05, 3.63) is 93.8 Å². The molecule has 1 aliphatic rings. The molecule has 2 heterocycles. The Morgan fingerprint density at radius 1 is 1.09 bits per heavy atom. The molecule has 1 unspecified atom stereocenters. The van der Waals surface area contributed by atoms with Gasteiger partial charge in [0.25, 0.3) is 5.91 Å². The minimum Gasteiger partial charge on any atom is -0.365 e. The minimum atomic E-state index is -0.913. The maximum absolute atomic E-state index is 13.7. The molecule has 1 amide bonds. The van der Waals surface area contributed by atoms with Crippen LogP contribution in [0.1, 0.15) is 35.7 Å². The molecule has 2 aromatic carbocycles. The van der Waals surface area contributed by atoms with Gasteiger partial charge >= 0.3 is 0 Å². The summed E-state index contributed by atoms with van der Waals surface area (Å²) in [6.45, 7) is 2.05. The number of nitrogens with two attached hydrogens (primary N) is 1. The monoisotopic (exact) mass is 455 g/mol. The highest BCUT2D eigenvalue weighted by atomic mass is 32.2. The van der Waals surface area contributed by atoms with Gasteiger partial charge < -0.3 is 10.6 Å². The summed E-state index contributed by atoms with van der Waals surface area (Å²) in [6.07, 6.45) is 4.51. The van der Waals surface area contributed by atoms with Crippen LogP contribution in [0.5, 0.6) is 0 Å². The normalized spacial score (nSPS) is 16.1. The number of hydrogen-bond donors (Lipinski definition) is 1. The Balaban J connectivity index is 1.49. The average Bonchev–Trinajstić information content (AvgIpc) is 3.36. The number of benzene rings is 2. The summed E-state index contributed by atoms with van der Waals surface area (Å²) in [7, 11) is 0. The van der Waals surface area contributed by atoms with Crippen LogP contribution in [0, 0.1) is 11.6 Å². The Kier molecular flexibility index (Phi) is 6.55. The summed E-state index contributed by atoms with van der Waals surface area (Å²) in [4.78, 5) is 14.2.